The van der Waals surface area contributed by atoms with Crippen molar-refractivity contribution in [3.8, 4) is 0 Å². The highest BCUT2D eigenvalue weighted by molar-refractivity contribution is 5.32. The summed E-state index contributed by atoms with van der Waals surface area (Å²) in [6.45, 7) is 4.14. The van der Waals surface area contributed by atoms with Crippen molar-refractivity contribution in [2.24, 2.45) is 5.92 Å². The summed E-state index contributed by atoms with van der Waals surface area (Å²) in [5, 5.41) is 13.9. The third-order valence-electron chi connectivity index (χ3n) is 3.40. The Hall–Kier alpha value is -1.46. The van der Waals surface area contributed by atoms with Crippen LogP contribution in [-0.2, 0) is 6.54 Å². The van der Waals surface area contributed by atoms with Crippen molar-refractivity contribution in [1.29, 1.82) is 0 Å². The van der Waals surface area contributed by atoms with Crippen LogP contribution in [0.3, 0.4) is 0 Å². The van der Waals surface area contributed by atoms with E-state index in [9.17, 15) is 10.1 Å². The molecular formula is C13H19N3O2. The molecule has 5 nitrogen and oxygen atoms in total. The SMILES string of the molecule is CN1CCC(CNCc2ccc([N+](=O)[O-])cc2)C1. The molecule has 1 N–H and O–H groups in total. The Bertz CT molecular complexity index is 405. The number of benzene rings is 1. The molecule has 1 fully saturated rings. The Morgan fingerprint density at radius 2 is 2.17 bits per heavy atom. The van der Waals surface area contributed by atoms with Gasteiger partial charge in [0.2, 0.25) is 0 Å². The van der Waals surface area contributed by atoms with Crippen LogP contribution < -0.4 is 5.32 Å². The summed E-state index contributed by atoms with van der Waals surface area (Å²) >= 11 is 0. The zero-order valence-corrected chi connectivity index (χ0v) is 10.6. The van der Waals surface area contributed by atoms with Gasteiger partial charge in [-0.1, -0.05) is 12.1 Å². The van der Waals surface area contributed by atoms with Crippen molar-refractivity contribution >= 4 is 5.69 Å². The van der Waals surface area contributed by atoms with Gasteiger partial charge in [-0.05, 0) is 38.0 Å². The van der Waals surface area contributed by atoms with E-state index in [1.54, 1.807) is 12.1 Å². The van der Waals surface area contributed by atoms with Crippen LogP contribution in [0.4, 0.5) is 5.69 Å². The van der Waals surface area contributed by atoms with E-state index in [-0.39, 0.29) is 10.6 Å². The smallest absolute Gasteiger partial charge is 0.269 e. The van der Waals surface area contributed by atoms with Crippen LogP contribution in [0, 0.1) is 16.0 Å². The van der Waals surface area contributed by atoms with Gasteiger partial charge in [0.05, 0.1) is 4.92 Å². The number of hydrogen-bond donors (Lipinski definition) is 1. The molecule has 2 rings (SSSR count). The van der Waals surface area contributed by atoms with Crippen molar-refractivity contribution in [3.05, 3.63) is 39.9 Å². The second-order valence-electron chi connectivity index (χ2n) is 4.97. The van der Waals surface area contributed by atoms with Crippen LogP contribution in [-0.4, -0.2) is 36.5 Å². The maximum atomic E-state index is 10.5. The highest BCUT2D eigenvalue weighted by Gasteiger charge is 2.18. The fraction of sp³-hybridized carbons (Fsp3) is 0.538. The molecule has 1 aromatic rings. The third kappa shape index (κ3) is 3.51. The molecule has 1 aliphatic heterocycles. The molecule has 5 heteroatoms. The van der Waals surface area contributed by atoms with Crippen LogP contribution >= 0.6 is 0 Å². The second-order valence-corrected chi connectivity index (χ2v) is 4.97. The van der Waals surface area contributed by atoms with Gasteiger partial charge in [-0.2, -0.15) is 0 Å². The van der Waals surface area contributed by atoms with Gasteiger partial charge in [-0.25, -0.2) is 0 Å². The molecule has 1 heterocycles. The zero-order chi connectivity index (χ0) is 13.0. The molecule has 0 aromatic heterocycles. The number of rotatable bonds is 5. The predicted molar refractivity (Wildman–Crippen MR) is 70.4 cm³/mol. The average molecular weight is 249 g/mol. The van der Waals surface area contributed by atoms with Gasteiger partial charge in [0.15, 0.2) is 0 Å². The van der Waals surface area contributed by atoms with E-state index in [2.05, 4.69) is 17.3 Å². The Labute approximate surface area is 107 Å². The van der Waals surface area contributed by atoms with E-state index < -0.39 is 0 Å². The summed E-state index contributed by atoms with van der Waals surface area (Å²) < 4.78 is 0. The highest BCUT2D eigenvalue weighted by atomic mass is 16.6. The Balaban J connectivity index is 1.75. The summed E-state index contributed by atoms with van der Waals surface area (Å²) in [5.74, 6) is 0.730. The fourth-order valence-electron chi connectivity index (χ4n) is 2.35. The van der Waals surface area contributed by atoms with E-state index >= 15 is 0 Å². The summed E-state index contributed by atoms with van der Waals surface area (Å²) in [5.41, 5.74) is 1.24. The van der Waals surface area contributed by atoms with Crippen molar-refractivity contribution in [2.75, 3.05) is 26.7 Å². The zero-order valence-electron chi connectivity index (χ0n) is 10.6. The summed E-state index contributed by atoms with van der Waals surface area (Å²) in [4.78, 5) is 12.5. The molecule has 0 amide bonds. The predicted octanol–water partition coefficient (Wildman–Crippen LogP) is 1.64. The number of nitrogens with one attached hydrogen (secondary N) is 1. The number of likely N-dealkylation sites (tertiary alicyclic amines) is 1. The number of non-ortho nitro benzene ring substituents is 1. The normalized spacial score (nSPS) is 20.2. The van der Waals surface area contributed by atoms with Crippen LogP contribution in [0.2, 0.25) is 0 Å². The maximum absolute atomic E-state index is 10.5. The number of nitro groups is 1. The highest BCUT2D eigenvalue weighted by Crippen LogP contribution is 2.14. The first-order chi connectivity index (χ1) is 8.65. The Kier molecular flexibility index (Phi) is 4.28. The molecule has 1 saturated heterocycles. The van der Waals surface area contributed by atoms with Crippen molar-refractivity contribution in [2.45, 2.75) is 13.0 Å². The molecular weight excluding hydrogens is 230 g/mol. The molecule has 0 bridgehead atoms. The molecule has 1 unspecified atom stereocenters. The molecule has 1 atom stereocenters. The van der Waals surface area contributed by atoms with Gasteiger partial charge >= 0.3 is 0 Å². The quantitative estimate of drug-likeness (QED) is 0.636. The van der Waals surface area contributed by atoms with Crippen LogP contribution in [0.15, 0.2) is 24.3 Å². The minimum absolute atomic E-state index is 0.149. The first kappa shape index (κ1) is 13.0. The molecule has 0 spiro atoms. The summed E-state index contributed by atoms with van der Waals surface area (Å²) in [7, 11) is 2.15. The largest absolute Gasteiger partial charge is 0.312 e. The van der Waals surface area contributed by atoms with Gasteiger partial charge in [-0.15, -0.1) is 0 Å². The summed E-state index contributed by atoms with van der Waals surface area (Å²) in [6, 6.07) is 6.73. The molecule has 1 aliphatic rings. The molecule has 1 aromatic carbocycles. The topological polar surface area (TPSA) is 58.4 Å². The average Bonchev–Trinajstić information content (AvgIpc) is 2.76. The third-order valence-corrected chi connectivity index (χ3v) is 3.40. The lowest BCUT2D eigenvalue weighted by Crippen LogP contribution is -2.24. The molecule has 18 heavy (non-hydrogen) atoms. The molecule has 0 saturated carbocycles. The lowest BCUT2D eigenvalue weighted by Gasteiger charge is -2.11. The minimum Gasteiger partial charge on any atom is -0.312 e. The Morgan fingerprint density at radius 3 is 2.72 bits per heavy atom. The molecule has 0 aliphatic carbocycles. The second kappa shape index (κ2) is 5.93. The van der Waals surface area contributed by atoms with Gasteiger partial charge < -0.3 is 10.2 Å². The van der Waals surface area contributed by atoms with Crippen molar-refractivity contribution in [1.82, 2.24) is 10.2 Å². The molecule has 0 radical (unpaired) electrons. The van der Waals surface area contributed by atoms with Crippen LogP contribution in [0.1, 0.15) is 12.0 Å². The number of nitrogens with zero attached hydrogens (tertiary/aromatic N) is 2. The van der Waals surface area contributed by atoms with Crippen LogP contribution in [0.5, 0.6) is 0 Å². The summed E-state index contributed by atoms with van der Waals surface area (Å²) in [6.07, 6.45) is 1.25. The van der Waals surface area contributed by atoms with Crippen LogP contribution in [0.25, 0.3) is 0 Å². The van der Waals surface area contributed by atoms with Crippen molar-refractivity contribution < 1.29 is 4.92 Å². The first-order valence-electron chi connectivity index (χ1n) is 6.28. The number of nitro benzene ring substituents is 1. The number of hydrogen-bond acceptors (Lipinski definition) is 4. The van der Waals surface area contributed by atoms with E-state index in [1.807, 2.05) is 12.1 Å². The van der Waals surface area contributed by atoms with E-state index in [4.69, 9.17) is 0 Å². The van der Waals surface area contributed by atoms with Gasteiger partial charge in [0.1, 0.15) is 0 Å². The maximum Gasteiger partial charge on any atom is 0.269 e. The molecule has 98 valence electrons. The van der Waals surface area contributed by atoms with Gasteiger partial charge in [0.25, 0.3) is 5.69 Å². The van der Waals surface area contributed by atoms with Gasteiger partial charge in [0, 0.05) is 25.2 Å². The standard InChI is InChI=1S/C13H19N3O2/c1-15-7-6-12(10-15)9-14-8-11-2-4-13(5-3-11)16(17)18/h2-5,12,14H,6-10H2,1H3. The van der Waals surface area contributed by atoms with E-state index in [0.717, 1.165) is 31.1 Å². The lowest BCUT2D eigenvalue weighted by molar-refractivity contribution is -0.384. The minimum atomic E-state index is -0.369. The fourth-order valence-corrected chi connectivity index (χ4v) is 2.35. The van der Waals surface area contributed by atoms with E-state index in [0.29, 0.717) is 0 Å². The first-order valence-corrected chi connectivity index (χ1v) is 6.28. The van der Waals surface area contributed by atoms with Crippen molar-refractivity contribution in [3.63, 3.8) is 0 Å². The Morgan fingerprint density at radius 1 is 1.44 bits per heavy atom. The van der Waals surface area contributed by atoms with Gasteiger partial charge in [-0.3, -0.25) is 10.1 Å². The monoisotopic (exact) mass is 249 g/mol. The van der Waals surface area contributed by atoms with E-state index in [1.165, 1.54) is 13.0 Å². The lowest BCUT2D eigenvalue weighted by atomic mass is 10.1.